The van der Waals surface area contributed by atoms with Crippen molar-refractivity contribution in [3.05, 3.63) is 47.8 Å². The van der Waals surface area contributed by atoms with Crippen LogP contribution in [0.5, 0.6) is 0 Å². The van der Waals surface area contributed by atoms with Crippen molar-refractivity contribution in [1.82, 2.24) is 4.31 Å². The molecule has 11 heteroatoms. The van der Waals surface area contributed by atoms with Gasteiger partial charge in [-0.05, 0) is 47.8 Å². The highest BCUT2D eigenvalue weighted by Crippen LogP contribution is 2.46. The first-order valence-corrected chi connectivity index (χ1v) is 18.0. The van der Waals surface area contributed by atoms with E-state index in [1.807, 2.05) is 26.0 Å². The maximum Gasteiger partial charge on any atom is 0.308 e. The van der Waals surface area contributed by atoms with Crippen LogP contribution < -0.4 is 0 Å². The van der Waals surface area contributed by atoms with Crippen LogP contribution in [-0.4, -0.2) is 64.7 Å². The number of cyclic esters (lactones) is 1. The Hall–Kier alpha value is -2.37. The third-order valence-corrected chi connectivity index (χ3v) is 13.8. The number of hydrogen-bond donors (Lipinski definition) is 0. The van der Waals surface area contributed by atoms with E-state index >= 15 is 0 Å². The highest BCUT2D eigenvalue weighted by atomic mass is 32.2. The molecular weight excluding hydrogens is 537 g/mol. The van der Waals surface area contributed by atoms with Crippen molar-refractivity contribution in [2.75, 3.05) is 13.3 Å². The second kappa shape index (κ2) is 11.2. The standard InChI is InChI=1S/C28H42FN3O5SSi/c1-19(2)28(15-14-22-16-23(17-24(33)36-22)37-39(8,9)27(3,4)5)18-30-26(32(6)38(7,34)35)31-25(28)20-10-12-21(29)13-11-20/h10-15,18-19,22-23,25H,16-17H2,1-9H3/b15-14+/t22-,23-,25?,28?/m1/s1. The smallest absolute Gasteiger partial charge is 0.308 e. The van der Waals surface area contributed by atoms with Gasteiger partial charge in [-0.1, -0.05) is 52.8 Å². The van der Waals surface area contributed by atoms with Crippen LogP contribution in [0, 0.1) is 17.2 Å². The summed E-state index contributed by atoms with van der Waals surface area (Å²) in [6, 6.07) is 5.42. The van der Waals surface area contributed by atoms with E-state index in [0.29, 0.717) is 12.0 Å². The molecule has 2 heterocycles. The maximum absolute atomic E-state index is 13.8. The third kappa shape index (κ3) is 7.04. The van der Waals surface area contributed by atoms with Gasteiger partial charge in [-0.15, -0.1) is 0 Å². The summed E-state index contributed by atoms with van der Waals surface area (Å²) in [5.74, 6) is -0.683. The Balaban J connectivity index is 1.99. The molecule has 0 aromatic heterocycles. The van der Waals surface area contributed by atoms with E-state index in [4.69, 9.17) is 14.2 Å². The predicted octanol–water partition coefficient (Wildman–Crippen LogP) is 5.49. The predicted molar refractivity (Wildman–Crippen MR) is 155 cm³/mol. The molecule has 1 aromatic carbocycles. The van der Waals surface area contributed by atoms with E-state index in [-0.39, 0.29) is 41.2 Å². The van der Waals surface area contributed by atoms with Crippen molar-refractivity contribution in [2.45, 2.75) is 83.8 Å². The lowest BCUT2D eigenvalue weighted by molar-refractivity contribution is -0.156. The summed E-state index contributed by atoms with van der Waals surface area (Å²) in [4.78, 5) is 21.8. The summed E-state index contributed by atoms with van der Waals surface area (Å²) in [6.45, 7) is 14.9. The minimum atomic E-state index is -3.60. The molecule has 2 unspecified atom stereocenters. The van der Waals surface area contributed by atoms with Crippen LogP contribution in [-0.2, 0) is 24.0 Å². The first-order valence-electron chi connectivity index (χ1n) is 13.2. The van der Waals surface area contributed by atoms with E-state index in [2.05, 4.69) is 38.9 Å². The lowest BCUT2D eigenvalue weighted by Gasteiger charge is -2.41. The SMILES string of the molecule is CC(C)C1(/C=C/[C@@H]2C[C@@H](O[Si](C)(C)C(C)(C)C)CC(=O)O2)C=NC(N(C)S(C)(=O)=O)=NC1c1ccc(F)cc1. The number of ether oxygens (including phenoxy) is 1. The molecule has 39 heavy (non-hydrogen) atoms. The van der Waals surface area contributed by atoms with Crippen LogP contribution in [0.1, 0.15) is 59.1 Å². The molecule has 3 rings (SSSR count). The van der Waals surface area contributed by atoms with Crippen LogP contribution >= 0.6 is 0 Å². The molecule has 1 fully saturated rings. The normalized spacial score (nSPS) is 26.6. The molecular formula is C28H42FN3O5SSi. The first-order chi connectivity index (χ1) is 17.9. The van der Waals surface area contributed by atoms with Gasteiger partial charge in [-0.25, -0.2) is 27.1 Å². The number of carbonyl (C=O) groups is 1. The second-order valence-corrected chi connectivity index (χ2v) is 19.1. The number of sulfonamides is 1. The van der Waals surface area contributed by atoms with Crippen molar-refractivity contribution in [3.63, 3.8) is 0 Å². The molecule has 8 nitrogen and oxygen atoms in total. The average molecular weight is 580 g/mol. The highest BCUT2D eigenvalue weighted by molar-refractivity contribution is 7.88. The summed E-state index contributed by atoms with van der Waals surface area (Å²) in [5, 5.41) is 0.0111. The Morgan fingerprint density at radius 3 is 2.38 bits per heavy atom. The van der Waals surface area contributed by atoms with E-state index in [1.165, 1.54) is 19.2 Å². The Kier molecular flexibility index (Phi) is 8.99. The van der Waals surface area contributed by atoms with E-state index in [0.717, 1.165) is 10.6 Å². The Bertz CT molecular complexity index is 1250. The zero-order chi connectivity index (χ0) is 29.4. The van der Waals surface area contributed by atoms with Crippen LogP contribution in [0.2, 0.25) is 18.1 Å². The summed E-state index contributed by atoms with van der Waals surface area (Å²) in [6.07, 6.45) is 6.62. The van der Waals surface area contributed by atoms with Crippen LogP contribution in [0.15, 0.2) is 46.4 Å². The molecule has 0 aliphatic carbocycles. The number of esters is 1. The third-order valence-electron chi connectivity index (χ3n) is 8.13. The van der Waals surface area contributed by atoms with Crippen molar-refractivity contribution >= 4 is 36.5 Å². The number of hydrogen-bond acceptors (Lipinski definition) is 7. The number of aliphatic imine (C=N–C) groups is 2. The Labute approximate surface area is 233 Å². The highest BCUT2D eigenvalue weighted by Gasteiger charge is 2.44. The number of benzene rings is 1. The molecule has 0 radical (unpaired) electrons. The summed E-state index contributed by atoms with van der Waals surface area (Å²) >= 11 is 0. The molecule has 0 amide bonds. The molecule has 1 saturated heterocycles. The van der Waals surface area contributed by atoms with Gasteiger partial charge in [0.2, 0.25) is 16.0 Å². The lowest BCUT2D eigenvalue weighted by atomic mass is 9.69. The largest absolute Gasteiger partial charge is 0.458 e. The fraction of sp³-hybridized carbons (Fsp3) is 0.607. The lowest BCUT2D eigenvalue weighted by Crippen LogP contribution is -2.47. The molecule has 0 saturated carbocycles. The van der Waals surface area contributed by atoms with Gasteiger partial charge in [0, 0.05) is 19.7 Å². The van der Waals surface area contributed by atoms with Gasteiger partial charge >= 0.3 is 5.97 Å². The van der Waals surface area contributed by atoms with Gasteiger partial charge in [-0.2, -0.15) is 0 Å². The molecule has 1 aromatic rings. The molecule has 0 bridgehead atoms. The molecule has 0 N–H and O–H groups in total. The summed E-state index contributed by atoms with van der Waals surface area (Å²) in [5.41, 5.74) is -0.0839. The fourth-order valence-corrected chi connectivity index (χ4v) is 6.24. The zero-order valence-corrected chi connectivity index (χ0v) is 26.3. The number of rotatable bonds is 7. The maximum atomic E-state index is 13.8. The van der Waals surface area contributed by atoms with E-state index < -0.39 is 35.9 Å². The zero-order valence-electron chi connectivity index (χ0n) is 24.4. The second-order valence-electron chi connectivity index (χ2n) is 12.4. The minimum Gasteiger partial charge on any atom is -0.458 e. The number of carbonyl (C=O) groups excluding carboxylic acids is 1. The molecule has 0 spiro atoms. The first kappa shape index (κ1) is 31.2. The quantitative estimate of drug-likeness (QED) is 0.242. The van der Waals surface area contributed by atoms with Gasteiger partial charge in [0.25, 0.3) is 0 Å². The number of halogens is 1. The van der Waals surface area contributed by atoms with E-state index in [9.17, 15) is 17.6 Å². The summed E-state index contributed by atoms with van der Waals surface area (Å²) in [7, 11) is -4.29. The van der Waals surface area contributed by atoms with Gasteiger partial charge in [0.1, 0.15) is 11.9 Å². The molecule has 2 aliphatic heterocycles. The molecule has 4 atom stereocenters. The Morgan fingerprint density at radius 1 is 1.23 bits per heavy atom. The van der Waals surface area contributed by atoms with Gasteiger partial charge in [0.05, 0.1) is 30.2 Å². The fourth-order valence-electron chi connectivity index (χ4n) is 4.48. The van der Waals surface area contributed by atoms with Crippen molar-refractivity contribution in [2.24, 2.45) is 21.3 Å². The molecule has 216 valence electrons. The average Bonchev–Trinajstić information content (AvgIpc) is 2.80. The van der Waals surface area contributed by atoms with Gasteiger partial charge < -0.3 is 9.16 Å². The number of guanidine groups is 1. The van der Waals surface area contributed by atoms with Gasteiger partial charge in [-0.3, -0.25) is 4.79 Å². The van der Waals surface area contributed by atoms with Crippen LogP contribution in [0.25, 0.3) is 0 Å². The monoisotopic (exact) mass is 579 g/mol. The van der Waals surface area contributed by atoms with Gasteiger partial charge in [0.15, 0.2) is 8.32 Å². The van der Waals surface area contributed by atoms with Crippen LogP contribution in [0.3, 0.4) is 0 Å². The Morgan fingerprint density at radius 2 is 1.85 bits per heavy atom. The van der Waals surface area contributed by atoms with Crippen LogP contribution in [0.4, 0.5) is 4.39 Å². The van der Waals surface area contributed by atoms with E-state index in [1.54, 1.807) is 18.3 Å². The topological polar surface area (TPSA) is 97.6 Å². The number of nitrogens with zero attached hydrogens (tertiary/aromatic N) is 3. The van der Waals surface area contributed by atoms with Crippen molar-refractivity contribution in [1.29, 1.82) is 0 Å². The summed E-state index contributed by atoms with van der Waals surface area (Å²) < 4.78 is 51.5. The minimum absolute atomic E-state index is 0.0111. The molecule has 2 aliphatic rings. The van der Waals surface area contributed by atoms with Crippen molar-refractivity contribution in [3.8, 4) is 0 Å². The van der Waals surface area contributed by atoms with Crippen molar-refractivity contribution < 1.29 is 26.8 Å².